The van der Waals surface area contributed by atoms with E-state index in [0.29, 0.717) is 11.4 Å². The Balaban J connectivity index is 2.28. The Morgan fingerprint density at radius 3 is 2.44 bits per heavy atom. The molecule has 1 saturated heterocycles. The lowest BCUT2D eigenvalue weighted by Crippen LogP contribution is -2.41. The Morgan fingerprint density at radius 1 is 1.22 bits per heavy atom. The largest absolute Gasteiger partial charge is 0.388 e. The summed E-state index contributed by atoms with van der Waals surface area (Å²) < 4.78 is 26.6. The molecular weight excluding hydrogens is 248 g/mol. The van der Waals surface area contributed by atoms with Crippen LogP contribution >= 0.6 is 0 Å². The van der Waals surface area contributed by atoms with Crippen LogP contribution in [0.1, 0.15) is 26.2 Å². The lowest BCUT2D eigenvalue weighted by atomic mass is 10.1. The third-order valence-corrected chi connectivity index (χ3v) is 5.52. The first kappa shape index (κ1) is 13.4. The topological polar surface area (TPSA) is 49.4 Å². The smallest absolute Gasteiger partial charge is 0.243 e. The van der Waals surface area contributed by atoms with Gasteiger partial charge in [0.2, 0.25) is 10.0 Å². The maximum Gasteiger partial charge on any atom is 0.243 e. The molecular formula is C13H20N2O2S. The molecule has 0 aliphatic carbocycles. The van der Waals surface area contributed by atoms with Crippen LogP contribution < -0.4 is 5.32 Å². The molecule has 5 heteroatoms. The van der Waals surface area contributed by atoms with Gasteiger partial charge < -0.3 is 5.32 Å². The van der Waals surface area contributed by atoms with Crippen molar-refractivity contribution in [1.29, 1.82) is 0 Å². The van der Waals surface area contributed by atoms with Gasteiger partial charge in [-0.25, -0.2) is 8.42 Å². The Morgan fingerprint density at radius 2 is 1.89 bits per heavy atom. The second-order valence-electron chi connectivity index (χ2n) is 4.73. The highest BCUT2D eigenvalue weighted by Gasteiger charge is 2.30. The van der Waals surface area contributed by atoms with Crippen LogP contribution in [0.5, 0.6) is 0 Å². The zero-order valence-corrected chi connectivity index (χ0v) is 11.7. The van der Waals surface area contributed by atoms with Crippen LogP contribution in [0.3, 0.4) is 0 Å². The molecule has 100 valence electrons. The summed E-state index contributed by atoms with van der Waals surface area (Å²) in [5.74, 6) is 0. The summed E-state index contributed by atoms with van der Waals surface area (Å²) in [5.41, 5.74) is 0.917. The molecule has 1 unspecified atom stereocenters. The van der Waals surface area contributed by atoms with Gasteiger partial charge in [-0.1, -0.05) is 6.42 Å². The fourth-order valence-corrected chi connectivity index (χ4v) is 4.06. The summed E-state index contributed by atoms with van der Waals surface area (Å²) in [7, 11) is -1.51. The number of nitrogens with zero attached hydrogens (tertiary/aromatic N) is 1. The molecule has 1 aromatic rings. The molecule has 1 aliphatic heterocycles. The molecule has 1 N–H and O–H groups in total. The number of piperidine rings is 1. The lowest BCUT2D eigenvalue weighted by molar-refractivity contribution is 0.268. The molecule has 1 fully saturated rings. The third kappa shape index (κ3) is 2.52. The van der Waals surface area contributed by atoms with Crippen molar-refractivity contribution in [3.8, 4) is 0 Å². The maximum atomic E-state index is 12.5. The van der Waals surface area contributed by atoms with Gasteiger partial charge in [-0.15, -0.1) is 0 Å². The molecule has 0 aromatic heterocycles. The Hall–Kier alpha value is -1.07. The van der Waals surface area contributed by atoms with E-state index in [1.807, 2.05) is 14.0 Å². The summed E-state index contributed by atoms with van der Waals surface area (Å²) in [6.07, 6.45) is 3.03. The Labute approximate surface area is 109 Å². The summed E-state index contributed by atoms with van der Waals surface area (Å²) in [6, 6.07) is 7.03. The van der Waals surface area contributed by atoms with Gasteiger partial charge in [0.25, 0.3) is 0 Å². The molecule has 0 radical (unpaired) electrons. The minimum absolute atomic E-state index is 0.104. The molecule has 0 bridgehead atoms. The molecule has 2 rings (SSSR count). The van der Waals surface area contributed by atoms with Crippen molar-refractivity contribution in [2.45, 2.75) is 37.1 Å². The van der Waals surface area contributed by atoms with E-state index < -0.39 is 10.0 Å². The van der Waals surface area contributed by atoms with Crippen molar-refractivity contribution in [3.63, 3.8) is 0 Å². The summed E-state index contributed by atoms with van der Waals surface area (Å²) in [4.78, 5) is 0.384. The average molecular weight is 268 g/mol. The monoisotopic (exact) mass is 268 g/mol. The quantitative estimate of drug-likeness (QED) is 0.915. The molecule has 1 heterocycles. The standard InChI is InChI=1S/C13H20N2O2S/c1-11-5-3-4-10-15(11)18(16,17)13-8-6-12(14-2)7-9-13/h6-9,11,14H,3-5,10H2,1-2H3. The summed E-state index contributed by atoms with van der Waals surface area (Å²) in [5, 5.41) is 2.99. The van der Waals surface area contributed by atoms with E-state index >= 15 is 0 Å². The van der Waals surface area contributed by atoms with Crippen LogP contribution in [0.4, 0.5) is 5.69 Å². The van der Waals surface area contributed by atoms with Crippen LogP contribution in [0.2, 0.25) is 0 Å². The Bertz CT molecular complexity index is 496. The molecule has 1 atom stereocenters. The van der Waals surface area contributed by atoms with Crippen LogP contribution in [0.25, 0.3) is 0 Å². The highest BCUT2D eigenvalue weighted by Crippen LogP contribution is 2.25. The van der Waals surface area contributed by atoms with Gasteiger partial charge in [0.15, 0.2) is 0 Å². The highest BCUT2D eigenvalue weighted by atomic mass is 32.2. The molecule has 1 aliphatic rings. The zero-order chi connectivity index (χ0) is 13.2. The fraction of sp³-hybridized carbons (Fsp3) is 0.538. The molecule has 1 aromatic carbocycles. The number of benzene rings is 1. The lowest BCUT2D eigenvalue weighted by Gasteiger charge is -2.32. The predicted octanol–water partition coefficient (Wildman–Crippen LogP) is 2.29. The highest BCUT2D eigenvalue weighted by molar-refractivity contribution is 7.89. The van der Waals surface area contributed by atoms with E-state index in [-0.39, 0.29) is 6.04 Å². The van der Waals surface area contributed by atoms with E-state index in [1.165, 1.54) is 0 Å². The number of hydrogen-bond acceptors (Lipinski definition) is 3. The minimum Gasteiger partial charge on any atom is -0.388 e. The number of sulfonamides is 1. The van der Waals surface area contributed by atoms with E-state index in [1.54, 1.807) is 28.6 Å². The second kappa shape index (κ2) is 5.28. The number of hydrogen-bond donors (Lipinski definition) is 1. The van der Waals surface area contributed by atoms with E-state index in [0.717, 1.165) is 24.9 Å². The maximum absolute atomic E-state index is 12.5. The molecule has 0 saturated carbocycles. The van der Waals surface area contributed by atoms with Crippen LogP contribution in [0, 0.1) is 0 Å². The van der Waals surface area contributed by atoms with E-state index in [2.05, 4.69) is 5.32 Å². The first-order valence-corrected chi connectivity index (χ1v) is 7.79. The van der Waals surface area contributed by atoms with Gasteiger partial charge >= 0.3 is 0 Å². The average Bonchev–Trinajstić information content (AvgIpc) is 2.39. The van der Waals surface area contributed by atoms with Gasteiger partial charge in [0, 0.05) is 25.3 Å². The van der Waals surface area contributed by atoms with Crippen LogP contribution in [-0.4, -0.2) is 32.4 Å². The minimum atomic E-state index is -3.33. The van der Waals surface area contributed by atoms with Gasteiger partial charge in [-0.2, -0.15) is 4.31 Å². The predicted molar refractivity (Wildman–Crippen MR) is 73.2 cm³/mol. The first-order chi connectivity index (χ1) is 8.55. The van der Waals surface area contributed by atoms with Crippen LogP contribution in [-0.2, 0) is 10.0 Å². The molecule has 0 amide bonds. The van der Waals surface area contributed by atoms with Gasteiger partial charge in [-0.05, 0) is 44.0 Å². The van der Waals surface area contributed by atoms with E-state index in [4.69, 9.17) is 0 Å². The van der Waals surface area contributed by atoms with E-state index in [9.17, 15) is 8.42 Å². The fourth-order valence-electron chi connectivity index (χ4n) is 2.36. The van der Waals surface area contributed by atoms with Gasteiger partial charge in [0.05, 0.1) is 4.90 Å². The molecule has 4 nitrogen and oxygen atoms in total. The van der Waals surface area contributed by atoms with Crippen molar-refractivity contribution in [1.82, 2.24) is 4.31 Å². The summed E-state index contributed by atoms with van der Waals surface area (Å²) >= 11 is 0. The second-order valence-corrected chi connectivity index (χ2v) is 6.63. The normalized spacial score (nSPS) is 21.8. The summed E-state index contributed by atoms with van der Waals surface area (Å²) in [6.45, 7) is 2.62. The van der Waals surface area contributed by atoms with Crippen molar-refractivity contribution in [2.75, 3.05) is 18.9 Å². The van der Waals surface area contributed by atoms with Crippen molar-refractivity contribution in [2.24, 2.45) is 0 Å². The number of nitrogens with one attached hydrogen (secondary N) is 1. The molecule has 0 spiro atoms. The molecule has 18 heavy (non-hydrogen) atoms. The van der Waals surface area contributed by atoms with Crippen molar-refractivity contribution >= 4 is 15.7 Å². The number of anilines is 1. The zero-order valence-electron chi connectivity index (χ0n) is 10.9. The third-order valence-electron chi connectivity index (χ3n) is 3.49. The van der Waals surface area contributed by atoms with Crippen LogP contribution in [0.15, 0.2) is 29.2 Å². The SMILES string of the molecule is CNc1ccc(S(=O)(=O)N2CCCCC2C)cc1. The number of rotatable bonds is 3. The van der Waals surface area contributed by atoms with Gasteiger partial charge in [0.1, 0.15) is 0 Å². The first-order valence-electron chi connectivity index (χ1n) is 6.35. The Kier molecular flexibility index (Phi) is 3.92. The van der Waals surface area contributed by atoms with Gasteiger partial charge in [-0.3, -0.25) is 0 Å². The van der Waals surface area contributed by atoms with Crippen molar-refractivity contribution in [3.05, 3.63) is 24.3 Å². The van der Waals surface area contributed by atoms with Crippen molar-refractivity contribution < 1.29 is 8.42 Å².